The summed E-state index contributed by atoms with van der Waals surface area (Å²) in [6.07, 6.45) is 4.43. The van der Waals surface area contributed by atoms with E-state index in [1.807, 2.05) is 26.1 Å². The summed E-state index contributed by atoms with van der Waals surface area (Å²) in [5.74, 6) is 0. The van der Waals surface area contributed by atoms with Crippen molar-refractivity contribution < 1.29 is 5.11 Å². The predicted octanol–water partition coefficient (Wildman–Crippen LogP) is 1.21. The molecule has 1 atom stereocenters. The quantitative estimate of drug-likeness (QED) is 0.798. The van der Waals surface area contributed by atoms with Crippen molar-refractivity contribution in [3.05, 3.63) is 47.5 Å². The number of rotatable bonds is 2. The maximum absolute atomic E-state index is 10.1. The van der Waals surface area contributed by atoms with Crippen LogP contribution in [-0.4, -0.2) is 19.9 Å². The van der Waals surface area contributed by atoms with Gasteiger partial charge in [0.05, 0.1) is 11.9 Å². The molecule has 0 bridgehead atoms. The highest BCUT2D eigenvalue weighted by Gasteiger charge is 2.15. The molecule has 0 aliphatic carbocycles. The Morgan fingerprint density at radius 3 is 2.87 bits per heavy atom. The van der Waals surface area contributed by atoms with Crippen LogP contribution in [0, 0.1) is 6.92 Å². The number of nitrogens with zero attached hydrogens (tertiary/aromatic N) is 3. The zero-order valence-corrected chi connectivity index (χ0v) is 8.75. The predicted molar refractivity (Wildman–Crippen MR) is 56.2 cm³/mol. The molecule has 0 radical (unpaired) electrons. The van der Waals surface area contributed by atoms with E-state index in [-0.39, 0.29) is 0 Å². The highest BCUT2D eigenvalue weighted by atomic mass is 16.3. The molecule has 2 aromatic heterocycles. The molecule has 0 saturated carbocycles. The van der Waals surface area contributed by atoms with Gasteiger partial charge in [0, 0.05) is 25.0 Å². The van der Waals surface area contributed by atoms with Crippen LogP contribution in [-0.2, 0) is 7.05 Å². The van der Waals surface area contributed by atoms with Gasteiger partial charge in [0.1, 0.15) is 6.10 Å². The average molecular weight is 203 g/mol. The van der Waals surface area contributed by atoms with Crippen LogP contribution < -0.4 is 0 Å². The van der Waals surface area contributed by atoms with Gasteiger partial charge in [0.25, 0.3) is 0 Å². The molecule has 0 saturated heterocycles. The van der Waals surface area contributed by atoms with Crippen molar-refractivity contribution in [2.45, 2.75) is 13.0 Å². The maximum atomic E-state index is 10.1. The maximum Gasteiger partial charge on any atom is 0.124 e. The topological polar surface area (TPSA) is 50.9 Å². The molecule has 0 aliphatic rings. The third kappa shape index (κ3) is 1.89. The van der Waals surface area contributed by atoms with Gasteiger partial charge in [-0.15, -0.1) is 0 Å². The molecule has 2 heterocycles. The first-order valence-corrected chi connectivity index (χ1v) is 4.76. The molecular weight excluding hydrogens is 190 g/mol. The summed E-state index contributed by atoms with van der Waals surface area (Å²) >= 11 is 0. The minimum atomic E-state index is -0.695. The van der Waals surface area contributed by atoms with Crippen LogP contribution in [0.3, 0.4) is 0 Å². The largest absolute Gasteiger partial charge is 0.382 e. The first kappa shape index (κ1) is 9.86. The molecule has 78 valence electrons. The second-order valence-corrected chi connectivity index (χ2v) is 3.56. The van der Waals surface area contributed by atoms with Crippen LogP contribution in [0.15, 0.2) is 30.7 Å². The van der Waals surface area contributed by atoms with Crippen LogP contribution >= 0.6 is 0 Å². The molecule has 0 aromatic carbocycles. The lowest BCUT2D eigenvalue weighted by atomic mass is 10.1. The van der Waals surface area contributed by atoms with Crippen molar-refractivity contribution in [2.24, 2.45) is 7.05 Å². The van der Waals surface area contributed by atoms with E-state index in [4.69, 9.17) is 0 Å². The van der Waals surface area contributed by atoms with Crippen molar-refractivity contribution in [3.8, 4) is 0 Å². The molecule has 0 amide bonds. The van der Waals surface area contributed by atoms with E-state index < -0.39 is 6.10 Å². The van der Waals surface area contributed by atoms with Gasteiger partial charge in [-0.25, -0.2) is 0 Å². The highest BCUT2D eigenvalue weighted by molar-refractivity contribution is 5.27. The molecule has 2 aromatic rings. The van der Waals surface area contributed by atoms with E-state index in [1.54, 1.807) is 23.3 Å². The van der Waals surface area contributed by atoms with Gasteiger partial charge in [-0.2, -0.15) is 5.10 Å². The molecular formula is C11H13N3O. The SMILES string of the molecule is Cc1cccnc1C(O)c1cnn(C)c1. The van der Waals surface area contributed by atoms with Gasteiger partial charge in [-0.3, -0.25) is 9.67 Å². The summed E-state index contributed by atoms with van der Waals surface area (Å²) in [4.78, 5) is 4.18. The summed E-state index contributed by atoms with van der Waals surface area (Å²) in [7, 11) is 1.82. The second kappa shape index (κ2) is 3.82. The Kier molecular flexibility index (Phi) is 2.51. The van der Waals surface area contributed by atoms with Crippen LogP contribution in [0.25, 0.3) is 0 Å². The zero-order chi connectivity index (χ0) is 10.8. The van der Waals surface area contributed by atoms with E-state index in [0.29, 0.717) is 5.69 Å². The van der Waals surface area contributed by atoms with Crippen molar-refractivity contribution in [2.75, 3.05) is 0 Å². The third-order valence-electron chi connectivity index (χ3n) is 2.35. The van der Waals surface area contributed by atoms with Gasteiger partial charge in [-0.05, 0) is 18.6 Å². The fourth-order valence-electron chi connectivity index (χ4n) is 1.52. The average Bonchev–Trinajstić information content (AvgIpc) is 2.65. The number of aryl methyl sites for hydroxylation is 2. The Hall–Kier alpha value is -1.68. The first-order chi connectivity index (χ1) is 7.18. The van der Waals surface area contributed by atoms with Crippen molar-refractivity contribution in [1.82, 2.24) is 14.8 Å². The monoisotopic (exact) mass is 203 g/mol. The number of aliphatic hydroxyl groups is 1. The smallest absolute Gasteiger partial charge is 0.124 e. The van der Waals surface area contributed by atoms with Crippen molar-refractivity contribution >= 4 is 0 Å². The first-order valence-electron chi connectivity index (χ1n) is 4.76. The third-order valence-corrected chi connectivity index (χ3v) is 2.35. The fourth-order valence-corrected chi connectivity index (χ4v) is 1.52. The Bertz CT molecular complexity index is 464. The van der Waals surface area contributed by atoms with Crippen LogP contribution in [0.5, 0.6) is 0 Å². The van der Waals surface area contributed by atoms with Crippen LogP contribution in [0.4, 0.5) is 0 Å². The Morgan fingerprint density at radius 1 is 1.47 bits per heavy atom. The number of aromatic nitrogens is 3. The lowest BCUT2D eigenvalue weighted by molar-refractivity contribution is 0.214. The molecule has 4 nitrogen and oxygen atoms in total. The molecule has 0 fully saturated rings. The number of hydrogen-bond donors (Lipinski definition) is 1. The normalized spacial score (nSPS) is 12.7. The molecule has 15 heavy (non-hydrogen) atoms. The van der Waals surface area contributed by atoms with Gasteiger partial charge in [0.15, 0.2) is 0 Å². The second-order valence-electron chi connectivity index (χ2n) is 3.56. The van der Waals surface area contributed by atoms with Crippen molar-refractivity contribution in [1.29, 1.82) is 0 Å². The Balaban J connectivity index is 2.36. The Labute approximate surface area is 88.2 Å². The van der Waals surface area contributed by atoms with Crippen molar-refractivity contribution in [3.63, 3.8) is 0 Å². The lowest BCUT2D eigenvalue weighted by Gasteiger charge is -2.09. The van der Waals surface area contributed by atoms with E-state index in [1.165, 1.54) is 0 Å². The molecule has 1 N–H and O–H groups in total. The Morgan fingerprint density at radius 2 is 2.27 bits per heavy atom. The van der Waals surface area contributed by atoms with E-state index in [0.717, 1.165) is 11.1 Å². The molecule has 1 unspecified atom stereocenters. The standard InChI is InChI=1S/C11H13N3O/c1-8-4-3-5-12-10(8)11(15)9-6-13-14(2)7-9/h3-7,11,15H,1-2H3. The highest BCUT2D eigenvalue weighted by Crippen LogP contribution is 2.21. The number of hydrogen-bond acceptors (Lipinski definition) is 3. The van der Waals surface area contributed by atoms with Gasteiger partial charge < -0.3 is 5.11 Å². The summed E-state index contributed by atoms with van der Waals surface area (Å²) < 4.78 is 1.66. The number of aliphatic hydroxyl groups excluding tert-OH is 1. The van der Waals surface area contributed by atoms with E-state index in [2.05, 4.69) is 10.1 Å². The summed E-state index contributed by atoms with van der Waals surface area (Å²) in [5.41, 5.74) is 2.43. The molecule has 0 spiro atoms. The van der Waals surface area contributed by atoms with E-state index in [9.17, 15) is 5.11 Å². The van der Waals surface area contributed by atoms with Crippen LogP contribution in [0.2, 0.25) is 0 Å². The fraction of sp³-hybridized carbons (Fsp3) is 0.273. The van der Waals surface area contributed by atoms with E-state index >= 15 is 0 Å². The van der Waals surface area contributed by atoms with Gasteiger partial charge >= 0.3 is 0 Å². The lowest BCUT2D eigenvalue weighted by Crippen LogP contribution is -2.03. The zero-order valence-electron chi connectivity index (χ0n) is 8.75. The summed E-state index contributed by atoms with van der Waals surface area (Å²) in [6, 6.07) is 3.79. The van der Waals surface area contributed by atoms with Gasteiger partial charge in [0.2, 0.25) is 0 Å². The van der Waals surface area contributed by atoms with Gasteiger partial charge in [-0.1, -0.05) is 6.07 Å². The summed E-state index contributed by atoms with van der Waals surface area (Å²) in [6.45, 7) is 1.93. The molecule has 2 rings (SSSR count). The molecule has 0 aliphatic heterocycles. The molecule has 4 heteroatoms. The summed E-state index contributed by atoms with van der Waals surface area (Å²) in [5, 5.41) is 14.1. The number of pyridine rings is 1. The minimum absolute atomic E-state index is 0.686. The van der Waals surface area contributed by atoms with Crippen LogP contribution in [0.1, 0.15) is 22.9 Å². The minimum Gasteiger partial charge on any atom is -0.382 e.